The molecule has 1 amide bonds. The predicted molar refractivity (Wildman–Crippen MR) is 143 cm³/mol. The van der Waals surface area contributed by atoms with Gasteiger partial charge in [0.05, 0.1) is 34.7 Å². The third-order valence-electron chi connectivity index (χ3n) is 5.79. The number of rotatable bonds is 8. The summed E-state index contributed by atoms with van der Waals surface area (Å²) in [5, 5.41) is 0. The number of halogens is 1. The van der Waals surface area contributed by atoms with Gasteiger partial charge in [0.25, 0.3) is 15.9 Å². The lowest BCUT2D eigenvalue weighted by atomic mass is 9.99. The first-order valence-electron chi connectivity index (χ1n) is 10.9. The van der Waals surface area contributed by atoms with E-state index in [9.17, 15) is 13.2 Å². The van der Waals surface area contributed by atoms with E-state index in [1.165, 1.54) is 21.7 Å². The Kier molecular flexibility index (Phi) is 8.49. The van der Waals surface area contributed by atoms with Gasteiger partial charge in [-0.1, -0.05) is 22.9 Å². The van der Waals surface area contributed by atoms with Gasteiger partial charge < -0.3 is 14.0 Å². The number of hydrogen-bond donors (Lipinski definition) is 0. The molecule has 13 heteroatoms. The summed E-state index contributed by atoms with van der Waals surface area (Å²) in [6.07, 6.45) is 3.22. The van der Waals surface area contributed by atoms with Crippen molar-refractivity contribution in [3.8, 4) is 11.5 Å². The van der Waals surface area contributed by atoms with E-state index >= 15 is 0 Å². The number of amides is 1. The molecule has 1 atom stereocenters. The molecule has 1 fully saturated rings. The zero-order valence-electron chi connectivity index (χ0n) is 19.5. The number of ether oxygens (including phenoxy) is 2. The van der Waals surface area contributed by atoms with Gasteiger partial charge in [-0.2, -0.15) is 21.1 Å². The van der Waals surface area contributed by atoms with Gasteiger partial charge in [0, 0.05) is 37.5 Å². The van der Waals surface area contributed by atoms with Crippen LogP contribution in [0.15, 0.2) is 33.5 Å². The Morgan fingerprint density at radius 3 is 2.63 bits per heavy atom. The average Bonchev–Trinajstić information content (AvgIpc) is 3.44. The minimum atomic E-state index is -3.70. The van der Waals surface area contributed by atoms with E-state index in [-0.39, 0.29) is 16.7 Å². The molecule has 190 valence electrons. The predicted octanol–water partition coefficient (Wildman–Crippen LogP) is 4.33. The lowest BCUT2D eigenvalue weighted by Gasteiger charge is -2.29. The first-order valence-corrected chi connectivity index (χ1v) is 15.7. The first-order chi connectivity index (χ1) is 16.8. The van der Waals surface area contributed by atoms with E-state index < -0.39 is 15.9 Å². The van der Waals surface area contributed by atoms with Gasteiger partial charge in [0.2, 0.25) is 0 Å². The molecule has 3 aromatic rings. The highest BCUT2D eigenvalue weighted by Gasteiger charge is 2.34. The van der Waals surface area contributed by atoms with Gasteiger partial charge in [-0.15, -0.1) is 11.3 Å². The summed E-state index contributed by atoms with van der Waals surface area (Å²) in [4.78, 5) is 18.3. The van der Waals surface area contributed by atoms with E-state index in [0.29, 0.717) is 46.6 Å². The molecule has 4 rings (SSSR count). The number of carbonyl (C=O) groups is 1. The zero-order valence-corrected chi connectivity index (χ0v) is 23.5. The number of aromatic nitrogens is 1. The van der Waals surface area contributed by atoms with Gasteiger partial charge in [0.1, 0.15) is 4.21 Å². The summed E-state index contributed by atoms with van der Waals surface area (Å²) in [7, 11) is -0.525. The van der Waals surface area contributed by atoms with Crippen LogP contribution in [0.25, 0.3) is 10.2 Å². The SMILES string of the molecule is COc1cc2sc(=NC(=O)C3CCCN(S(=O)(=O)c4ccc(Cl)s4)C3)n(CCSC)c2cc1OC. The van der Waals surface area contributed by atoms with Crippen molar-refractivity contribution < 1.29 is 22.7 Å². The van der Waals surface area contributed by atoms with Gasteiger partial charge in [-0.25, -0.2) is 8.42 Å². The van der Waals surface area contributed by atoms with Crippen LogP contribution in [0.2, 0.25) is 4.34 Å². The Labute approximate surface area is 221 Å². The molecule has 3 heterocycles. The monoisotopic (exact) mass is 575 g/mol. The van der Waals surface area contributed by atoms with Gasteiger partial charge in [-0.3, -0.25) is 4.79 Å². The van der Waals surface area contributed by atoms with Crippen LogP contribution in [0, 0.1) is 5.92 Å². The molecule has 0 aliphatic carbocycles. The van der Waals surface area contributed by atoms with Crippen molar-refractivity contribution in [2.45, 2.75) is 23.6 Å². The number of aryl methyl sites for hydroxylation is 1. The van der Waals surface area contributed by atoms with Crippen molar-refractivity contribution in [2.24, 2.45) is 10.9 Å². The Balaban J connectivity index is 1.67. The number of thioether (sulfide) groups is 1. The molecule has 1 aromatic carbocycles. The molecule has 0 saturated carbocycles. The second-order valence-corrected chi connectivity index (χ2v) is 13.8. The number of thiophene rings is 1. The van der Waals surface area contributed by atoms with Crippen LogP contribution in [0.1, 0.15) is 12.8 Å². The summed E-state index contributed by atoms with van der Waals surface area (Å²) < 4.78 is 41.9. The number of nitrogens with zero attached hydrogens (tertiary/aromatic N) is 3. The Bertz CT molecular complexity index is 1400. The molecular formula is C22H26ClN3O5S4. The third kappa shape index (κ3) is 5.57. The first kappa shape index (κ1) is 26.5. The number of fused-ring (bicyclic) bond motifs is 1. The number of carbonyl (C=O) groups excluding carboxylic acids is 1. The van der Waals surface area contributed by atoms with E-state index in [1.54, 1.807) is 32.0 Å². The number of piperidine rings is 1. The summed E-state index contributed by atoms with van der Waals surface area (Å²) in [5.41, 5.74) is 0.913. The van der Waals surface area contributed by atoms with Crippen molar-refractivity contribution >= 4 is 72.2 Å². The smallest absolute Gasteiger partial charge is 0.252 e. The third-order valence-corrected chi connectivity index (χ3v) is 11.0. The summed E-state index contributed by atoms with van der Waals surface area (Å²) in [6, 6.07) is 6.86. The van der Waals surface area contributed by atoms with E-state index in [2.05, 4.69) is 4.99 Å². The Morgan fingerprint density at radius 2 is 1.97 bits per heavy atom. The minimum absolute atomic E-state index is 0.109. The zero-order chi connectivity index (χ0) is 25.2. The molecule has 1 aliphatic rings. The van der Waals surface area contributed by atoms with E-state index in [0.717, 1.165) is 27.3 Å². The largest absolute Gasteiger partial charge is 0.493 e. The number of thiazole rings is 1. The Morgan fingerprint density at radius 1 is 1.23 bits per heavy atom. The van der Waals surface area contributed by atoms with Crippen LogP contribution in [0.5, 0.6) is 11.5 Å². The van der Waals surface area contributed by atoms with Crippen LogP contribution in [-0.2, 0) is 21.4 Å². The maximum absolute atomic E-state index is 13.3. The molecular weight excluding hydrogens is 550 g/mol. The van der Waals surface area contributed by atoms with E-state index in [4.69, 9.17) is 21.1 Å². The topological polar surface area (TPSA) is 90.2 Å². The fourth-order valence-corrected chi connectivity index (χ4v) is 8.59. The Hall–Kier alpha value is -1.57. The molecule has 1 saturated heterocycles. The summed E-state index contributed by atoms with van der Waals surface area (Å²) in [6.45, 7) is 1.16. The second kappa shape index (κ2) is 11.2. The van der Waals surface area contributed by atoms with Crippen LogP contribution in [-0.4, -0.2) is 62.5 Å². The molecule has 1 unspecified atom stereocenters. The molecule has 2 aromatic heterocycles. The van der Waals surface area contributed by atoms with Crippen LogP contribution in [0.3, 0.4) is 0 Å². The quantitative estimate of drug-likeness (QED) is 0.397. The minimum Gasteiger partial charge on any atom is -0.493 e. The standard InChI is InChI=1S/C22H26ClN3O5S4/c1-30-16-11-15-18(12-17(16)31-2)33-22(26(15)9-10-32-3)24-21(27)14-5-4-8-25(13-14)35(28,29)20-7-6-19(23)34-20/h6-7,11-12,14H,4-5,8-10,13H2,1-3H3. The number of methoxy groups -OCH3 is 2. The molecule has 35 heavy (non-hydrogen) atoms. The molecule has 0 bridgehead atoms. The van der Waals surface area contributed by atoms with Crippen molar-refractivity contribution in [1.29, 1.82) is 0 Å². The van der Waals surface area contributed by atoms with Gasteiger partial charge in [-0.05, 0) is 31.2 Å². The normalized spacial score (nSPS) is 17.7. The molecule has 1 aliphatic heterocycles. The number of hydrogen-bond acceptors (Lipinski definition) is 8. The highest BCUT2D eigenvalue weighted by atomic mass is 35.5. The van der Waals surface area contributed by atoms with Crippen molar-refractivity contribution in [2.75, 3.05) is 39.3 Å². The number of sulfonamides is 1. The van der Waals surface area contributed by atoms with Gasteiger partial charge >= 0.3 is 0 Å². The highest BCUT2D eigenvalue weighted by Crippen LogP contribution is 2.34. The highest BCUT2D eigenvalue weighted by molar-refractivity contribution is 7.98. The molecule has 8 nitrogen and oxygen atoms in total. The van der Waals surface area contributed by atoms with Crippen LogP contribution in [0.4, 0.5) is 0 Å². The fraction of sp³-hybridized carbons (Fsp3) is 0.455. The lowest BCUT2D eigenvalue weighted by Crippen LogP contribution is -2.42. The maximum atomic E-state index is 13.3. The van der Waals surface area contributed by atoms with Crippen molar-refractivity contribution in [1.82, 2.24) is 8.87 Å². The van der Waals surface area contributed by atoms with Crippen molar-refractivity contribution in [3.05, 3.63) is 33.4 Å². The van der Waals surface area contributed by atoms with Crippen LogP contribution >= 0.6 is 46.0 Å². The molecule has 0 radical (unpaired) electrons. The fourth-order valence-electron chi connectivity index (χ4n) is 3.99. The second-order valence-electron chi connectivity index (χ2n) is 7.91. The summed E-state index contributed by atoms with van der Waals surface area (Å²) in [5.74, 6) is 1.25. The lowest BCUT2D eigenvalue weighted by molar-refractivity contribution is -0.122. The van der Waals surface area contributed by atoms with Crippen LogP contribution < -0.4 is 14.3 Å². The maximum Gasteiger partial charge on any atom is 0.252 e. The molecule has 0 spiro atoms. The average molecular weight is 576 g/mol. The number of benzene rings is 1. The molecule has 0 N–H and O–H groups in total. The summed E-state index contributed by atoms with van der Waals surface area (Å²) >= 11 is 10.1. The van der Waals surface area contributed by atoms with Gasteiger partial charge in [0.15, 0.2) is 16.3 Å². The van der Waals surface area contributed by atoms with Crippen molar-refractivity contribution in [3.63, 3.8) is 0 Å². The van der Waals surface area contributed by atoms with E-state index in [1.807, 2.05) is 23.0 Å².